The van der Waals surface area contributed by atoms with Crippen molar-refractivity contribution in [1.29, 1.82) is 0 Å². The van der Waals surface area contributed by atoms with Crippen molar-refractivity contribution in [2.45, 2.75) is 13.0 Å². The summed E-state index contributed by atoms with van der Waals surface area (Å²) in [6.07, 6.45) is 0.382. The zero-order valence-corrected chi connectivity index (χ0v) is 10.2. The van der Waals surface area contributed by atoms with E-state index in [4.69, 9.17) is 10.8 Å². The third kappa shape index (κ3) is 2.89. The summed E-state index contributed by atoms with van der Waals surface area (Å²) in [5.41, 5.74) is 6.69. The minimum absolute atomic E-state index is 0.0781. The van der Waals surface area contributed by atoms with Gasteiger partial charge in [-0.05, 0) is 24.2 Å². The lowest BCUT2D eigenvalue weighted by Gasteiger charge is -2.06. The van der Waals surface area contributed by atoms with Gasteiger partial charge in [-0.15, -0.1) is 5.10 Å². The highest BCUT2D eigenvalue weighted by atomic mass is 16.4. The van der Waals surface area contributed by atoms with Crippen molar-refractivity contribution < 1.29 is 15.0 Å². The largest absolute Gasteiger partial charge is 0.508 e. The Morgan fingerprint density at radius 3 is 2.84 bits per heavy atom. The molecule has 0 aliphatic heterocycles. The Balaban J connectivity index is 2.32. The van der Waals surface area contributed by atoms with Crippen LogP contribution in [0.25, 0.3) is 0 Å². The first kappa shape index (κ1) is 13.0. The molecule has 19 heavy (non-hydrogen) atoms. The van der Waals surface area contributed by atoms with E-state index in [9.17, 15) is 9.90 Å². The molecule has 0 bridgehead atoms. The zero-order chi connectivity index (χ0) is 13.8. The number of aromatic hydroxyl groups is 1. The average molecular weight is 262 g/mol. The van der Waals surface area contributed by atoms with Crippen molar-refractivity contribution in [2.75, 3.05) is 6.54 Å². The molecule has 1 heterocycles. The van der Waals surface area contributed by atoms with E-state index >= 15 is 0 Å². The number of carboxylic acids is 1. The first-order valence-electron chi connectivity index (χ1n) is 5.75. The molecule has 0 aliphatic rings. The van der Waals surface area contributed by atoms with E-state index in [0.717, 1.165) is 5.56 Å². The Bertz CT molecular complexity index is 594. The topological polar surface area (TPSA) is 114 Å². The van der Waals surface area contributed by atoms with E-state index in [1.165, 1.54) is 4.68 Å². The number of nitrogens with two attached hydrogens (primary N) is 1. The lowest BCUT2D eigenvalue weighted by atomic mass is 10.2. The molecule has 0 saturated carbocycles. The maximum absolute atomic E-state index is 11.0. The van der Waals surface area contributed by atoms with Crippen LogP contribution in [0.1, 0.15) is 21.7 Å². The summed E-state index contributed by atoms with van der Waals surface area (Å²) in [5.74, 6) is -0.970. The van der Waals surface area contributed by atoms with Crippen molar-refractivity contribution in [3.05, 3.63) is 41.2 Å². The third-order valence-electron chi connectivity index (χ3n) is 2.66. The monoisotopic (exact) mass is 262 g/mol. The predicted octanol–water partition coefficient (Wildman–Crippen LogP) is 0.231. The normalized spacial score (nSPS) is 10.6. The van der Waals surface area contributed by atoms with Crippen molar-refractivity contribution in [1.82, 2.24) is 15.0 Å². The van der Waals surface area contributed by atoms with Gasteiger partial charge >= 0.3 is 5.97 Å². The second kappa shape index (κ2) is 5.49. The molecule has 1 aromatic carbocycles. The average Bonchev–Trinajstić information content (AvgIpc) is 2.73. The van der Waals surface area contributed by atoms with Gasteiger partial charge in [0.25, 0.3) is 0 Å². The molecule has 7 nitrogen and oxygen atoms in total. The highest BCUT2D eigenvalue weighted by Crippen LogP contribution is 2.14. The van der Waals surface area contributed by atoms with Gasteiger partial charge in [0.1, 0.15) is 5.75 Å². The number of nitrogens with zero attached hydrogens (tertiary/aromatic N) is 3. The van der Waals surface area contributed by atoms with Crippen LogP contribution in [0.15, 0.2) is 24.3 Å². The summed E-state index contributed by atoms with van der Waals surface area (Å²) in [7, 11) is 0. The standard InChI is InChI=1S/C12H14N4O3/c13-5-4-10-11(12(18)19)14-15-16(10)7-8-2-1-3-9(17)6-8/h1-3,6,17H,4-5,7,13H2,(H,18,19). The first-order chi connectivity index (χ1) is 9.11. The van der Waals surface area contributed by atoms with Gasteiger partial charge in [-0.3, -0.25) is 0 Å². The van der Waals surface area contributed by atoms with Gasteiger partial charge in [0.15, 0.2) is 5.69 Å². The van der Waals surface area contributed by atoms with Crippen LogP contribution in [-0.2, 0) is 13.0 Å². The minimum Gasteiger partial charge on any atom is -0.508 e. The molecule has 1 aromatic heterocycles. The number of benzene rings is 1. The van der Waals surface area contributed by atoms with Crippen molar-refractivity contribution >= 4 is 5.97 Å². The maximum atomic E-state index is 11.0. The van der Waals surface area contributed by atoms with Crippen LogP contribution in [0.5, 0.6) is 5.75 Å². The van der Waals surface area contributed by atoms with Gasteiger partial charge in [0, 0.05) is 6.42 Å². The highest BCUT2D eigenvalue weighted by Gasteiger charge is 2.18. The van der Waals surface area contributed by atoms with Gasteiger partial charge in [-0.1, -0.05) is 17.3 Å². The predicted molar refractivity (Wildman–Crippen MR) is 66.9 cm³/mol. The zero-order valence-electron chi connectivity index (χ0n) is 10.2. The van der Waals surface area contributed by atoms with E-state index in [0.29, 0.717) is 25.2 Å². The Morgan fingerprint density at radius 1 is 1.42 bits per heavy atom. The number of hydrogen-bond acceptors (Lipinski definition) is 5. The van der Waals surface area contributed by atoms with E-state index in [2.05, 4.69) is 10.3 Å². The lowest BCUT2D eigenvalue weighted by molar-refractivity contribution is 0.0689. The third-order valence-corrected chi connectivity index (χ3v) is 2.66. The molecule has 0 spiro atoms. The number of rotatable bonds is 5. The summed E-state index contributed by atoms with van der Waals surface area (Å²) in [6.45, 7) is 0.651. The summed E-state index contributed by atoms with van der Waals surface area (Å²) < 4.78 is 1.49. The molecule has 0 saturated heterocycles. The fraction of sp³-hybridized carbons (Fsp3) is 0.250. The summed E-state index contributed by atoms with van der Waals surface area (Å²) in [6, 6.07) is 6.68. The van der Waals surface area contributed by atoms with Crippen LogP contribution < -0.4 is 5.73 Å². The van der Waals surface area contributed by atoms with Gasteiger partial charge in [-0.2, -0.15) is 0 Å². The van der Waals surface area contributed by atoms with Crippen molar-refractivity contribution in [3.8, 4) is 5.75 Å². The van der Waals surface area contributed by atoms with E-state index in [-0.39, 0.29) is 11.4 Å². The quantitative estimate of drug-likeness (QED) is 0.710. The van der Waals surface area contributed by atoms with Crippen molar-refractivity contribution in [3.63, 3.8) is 0 Å². The van der Waals surface area contributed by atoms with Crippen LogP contribution in [0.3, 0.4) is 0 Å². The highest BCUT2D eigenvalue weighted by molar-refractivity contribution is 5.86. The number of carbonyl (C=O) groups is 1. The second-order valence-electron chi connectivity index (χ2n) is 4.06. The molecule has 0 aliphatic carbocycles. The number of phenols is 1. The molecule has 2 aromatic rings. The molecule has 100 valence electrons. The molecule has 0 fully saturated rings. The number of aromatic nitrogens is 3. The molecular formula is C12H14N4O3. The van der Waals surface area contributed by atoms with Crippen LogP contribution in [0, 0.1) is 0 Å². The number of phenolic OH excluding ortho intramolecular Hbond substituents is 1. The number of hydrogen-bond donors (Lipinski definition) is 3. The number of aromatic carboxylic acids is 1. The van der Waals surface area contributed by atoms with E-state index in [1.807, 2.05) is 6.07 Å². The molecule has 2 rings (SSSR count). The van der Waals surface area contributed by atoms with Crippen molar-refractivity contribution in [2.24, 2.45) is 5.73 Å². The van der Waals surface area contributed by atoms with Crippen LogP contribution in [-0.4, -0.2) is 37.7 Å². The summed E-state index contributed by atoms with van der Waals surface area (Å²) >= 11 is 0. The molecule has 0 amide bonds. The molecule has 0 radical (unpaired) electrons. The van der Waals surface area contributed by atoms with Gasteiger partial charge in [-0.25, -0.2) is 9.48 Å². The van der Waals surface area contributed by atoms with Gasteiger partial charge < -0.3 is 15.9 Å². The van der Waals surface area contributed by atoms with Gasteiger partial charge in [0.2, 0.25) is 0 Å². The number of carboxylic acid groups (broad SMARTS) is 1. The second-order valence-corrected chi connectivity index (χ2v) is 4.06. The molecule has 0 unspecified atom stereocenters. The minimum atomic E-state index is -1.12. The maximum Gasteiger partial charge on any atom is 0.358 e. The molecular weight excluding hydrogens is 248 g/mol. The Kier molecular flexibility index (Phi) is 3.76. The smallest absolute Gasteiger partial charge is 0.358 e. The fourth-order valence-corrected chi connectivity index (χ4v) is 1.84. The Morgan fingerprint density at radius 2 is 2.21 bits per heavy atom. The van der Waals surface area contributed by atoms with Crippen LogP contribution in [0.2, 0.25) is 0 Å². The molecule has 7 heteroatoms. The molecule has 0 atom stereocenters. The Hall–Kier alpha value is -2.41. The summed E-state index contributed by atoms with van der Waals surface area (Å²) in [4.78, 5) is 11.0. The molecule has 4 N–H and O–H groups in total. The van der Waals surface area contributed by atoms with E-state index < -0.39 is 5.97 Å². The Labute approximate surface area is 109 Å². The van der Waals surface area contributed by atoms with Gasteiger partial charge in [0.05, 0.1) is 12.2 Å². The lowest BCUT2D eigenvalue weighted by Crippen LogP contribution is -2.14. The summed E-state index contributed by atoms with van der Waals surface area (Å²) in [5, 5.41) is 25.9. The fourth-order valence-electron chi connectivity index (χ4n) is 1.84. The van der Waals surface area contributed by atoms with Crippen LogP contribution >= 0.6 is 0 Å². The van der Waals surface area contributed by atoms with Crippen LogP contribution in [0.4, 0.5) is 0 Å². The first-order valence-corrected chi connectivity index (χ1v) is 5.75. The van der Waals surface area contributed by atoms with E-state index in [1.54, 1.807) is 18.2 Å². The SMILES string of the molecule is NCCc1c(C(=O)O)nnn1Cc1cccc(O)c1.